The number of nitrogens with two attached hydrogens (primary N) is 1. The summed E-state index contributed by atoms with van der Waals surface area (Å²) in [6, 6.07) is 1.38. The number of anilines is 1. The maximum Gasteiger partial charge on any atom is 0.298 e. The van der Waals surface area contributed by atoms with Crippen molar-refractivity contribution in [2.75, 3.05) is 24.5 Å². The first-order valence-electron chi connectivity index (χ1n) is 10.3. The standard InChI is InChI=1S/C23H29FN4O2/c1-5-8-20(30)28(6-2)17-9-7-10-27(13-17)23-18(24)11-16(12-19(25)29)22-21(23)14(3)15(4)26-22/h11,17,26H,6-7,9-10,12-13H2,1-4H3,(H2,25,29)/t17-/m0/s1. The van der Waals surface area contributed by atoms with Gasteiger partial charge in [-0.1, -0.05) is 5.92 Å². The molecule has 3 N–H and O–H groups in total. The summed E-state index contributed by atoms with van der Waals surface area (Å²) in [5.74, 6) is 4.23. The minimum Gasteiger partial charge on any atom is -0.369 e. The summed E-state index contributed by atoms with van der Waals surface area (Å²) in [4.78, 5) is 31.0. The van der Waals surface area contributed by atoms with Gasteiger partial charge in [0.05, 0.1) is 23.7 Å². The summed E-state index contributed by atoms with van der Waals surface area (Å²) in [6.45, 7) is 9.27. The van der Waals surface area contributed by atoms with Crippen LogP contribution in [0.1, 0.15) is 43.5 Å². The Hall–Kier alpha value is -3.01. The molecular formula is C23H29FN4O2. The molecule has 1 fully saturated rings. The minimum absolute atomic E-state index is 0.0243. The monoisotopic (exact) mass is 412 g/mol. The number of primary amides is 1. The van der Waals surface area contributed by atoms with Crippen LogP contribution < -0.4 is 10.6 Å². The van der Waals surface area contributed by atoms with E-state index < -0.39 is 5.91 Å². The quantitative estimate of drug-likeness (QED) is 0.741. The second-order valence-corrected chi connectivity index (χ2v) is 7.84. The number of aromatic nitrogens is 1. The maximum atomic E-state index is 15.4. The molecule has 160 valence electrons. The first-order chi connectivity index (χ1) is 14.3. The molecule has 0 saturated carbocycles. The van der Waals surface area contributed by atoms with Crippen LogP contribution in [0.15, 0.2) is 6.07 Å². The molecule has 30 heavy (non-hydrogen) atoms. The van der Waals surface area contributed by atoms with E-state index in [2.05, 4.69) is 16.8 Å². The molecule has 1 aliphatic rings. The Bertz CT molecular complexity index is 1050. The highest BCUT2D eigenvalue weighted by Gasteiger charge is 2.30. The predicted molar refractivity (Wildman–Crippen MR) is 117 cm³/mol. The highest BCUT2D eigenvalue weighted by molar-refractivity contribution is 6.00. The molecule has 0 aliphatic carbocycles. The lowest BCUT2D eigenvalue weighted by molar-refractivity contribution is -0.127. The number of fused-ring (bicyclic) bond motifs is 1. The molecule has 2 aromatic rings. The number of benzene rings is 1. The van der Waals surface area contributed by atoms with E-state index in [-0.39, 0.29) is 24.2 Å². The fourth-order valence-electron chi connectivity index (χ4n) is 4.46. The van der Waals surface area contributed by atoms with Crippen molar-refractivity contribution < 1.29 is 14.0 Å². The molecule has 1 aromatic heterocycles. The van der Waals surface area contributed by atoms with Crippen LogP contribution in [-0.4, -0.2) is 47.4 Å². The second-order valence-electron chi connectivity index (χ2n) is 7.84. The SMILES string of the molecule is CC#CC(=O)N(CC)[C@H]1CCCN(c2c(F)cc(CC(N)=O)c3[nH]c(C)c(C)c23)C1. The third-order valence-electron chi connectivity index (χ3n) is 5.94. The van der Waals surface area contributed by atoms with Gasteiger partial charge >= 0.3 is 0 Å². The van der Waals surface area contributed by atoms with Gasteiger partial charge in [-0.2, -0.15) is 0 Å². The number of hydrogen-bond acceptors (Lipinski definition) is 3. The second kappa shape index (κ2) is 8.78. The molecule has 2 heterocycles. The van der Waals surface area contributed by atoms with Crippen molar-refractivity contribution in [1.82, 2.24) is 9.88 Å². The number of aromatic amines is 1. The van der Waals surface area contributed by atoms with Gasteiger partial charge in [0, 0.05) is 30.7 Å². The molecule has 0 unspecified atom stereocenters. The lowest BCUT2D eigenvalue weighted by Crippen LogP contribution is -2.50. The molecule has 6 nitrogen and oxygen atoms in total. The van der Waals surface area contributed by atoms with Gasteiger partial charge in [-0.25, -0.2) is 4.39 Å². The Balaban J connectivity index is 2.05. The van der Waals surface area contributed by atoms with Crippen LogP contribution >= 0.6 is 0 Å². The number of halogens is 1. The Morgan fingerprint density at radius 3 is 2.77 bits per heavy atom. The van der Waals surface area contributed by atoms with Gasteiger partial charge in [-0.05, 0) is 63.7 Å². The number of piperidine rings is 1. The Kier molecular flexibility index (Phi) is 6.35. The topological polar surface area (TPSA) is 82.4 Å². The van der Waals surface area contributed by atoms with Crippen molar-refractivity contribution in [2.24, 2.45) is 5.73 Å². The van der Waals surface area contributed by atoms with Crippen molar-refractivity contribution >= 4 is 28.4 Å². The van der Waals surface area contributed by atoms with Gasteiger partial charge in [0.1, 0.15) is 5.82 Å². The van der Waals surface area contributed by atoms with Gasteiger partial charge in [-0.15, -0.1) is 0 Å². The number of likely N-dealkylation sites (N-methyl/N-ethyl adjacent to an activating group) is 1. The zero-order valence-electron chi connectivity index (χ0n) is 18.1. The molecule has 1 atom stereocenters. The van der Waals surface area contributed by atoms with Crippen LogP contribution in [0.25, 0.3) is 10.9 Å². The third kappa shape index (κ3) is 4.00. The van der Waals surface area contributed by atoms with Crippen molar-refractivity contribution in [2.45, 2.75) is 53.0 Å². The largest absolute Gasteiger partial charge is 0.369 e. The zero-order chi connectivity index (χ0) is 22.0. The minimum atomic E-state index is -0.500. The molecule has 0 bridgehead atoms. The van der Waals surface area contributed by atoms with Crippen LogP contribution in [0.2, 0.25) is 0 Å². The van der Waals surface area contributed by atoms with Crippen LogP contribution in [0.3, 0.4) is 0 Å². The first-order valence-corrected chi connectivity index (χ1v) is 10.3. The van der Waals surface area contributed by atoms with E-state index in [0.717, 1.165) is 35.0 Å². The average molecular weight is 413 g/mol. The summed E-state index contributed by atoms with van der Waals surface area (Å²) in [6.07, 6.45) is 1.68. The summed E-state index contributed by atoms with van der Waals surface area (Å²) in [5, 5.41) is 0.784. The normalized spacial score (nSPS) is 16.3. The number of H-pyrrole nitrogens is 1. The predicted octanol–water partition coefficient (Wildman–Crippen LogP) is 2.79. The number of amides is 2. The third-order valence-corrected chi connectivity index (χ3v) is 5.94. The molecular weight excluding hydrogens is 383 g/mol. The Labute approximate surface area is 176 Å². The summed E-state index contributed by atoms with van der Waals surface area (Å²) >= 11 is 0. The van der Waals surface area contributed by atoms with E-state index in [4.69, 9.17) is 5.73 Å². The van der Waals surface area contributed by atoms with Crippen molar-refractivity contribution in [3.05, 3.63) is 28.7 Å². The fourth-order valence-corrected chi connectivity index (χ4v) is 4.46. The van der Waals surface area contributed by atoms with E-state index in [9.17, 15) is 9.59 Å². The fraction of sp³-hybridized carbons (Fsp3) is 0.478. The molecule has 3 rings (SSSR count). The zero-order valence-corrected chi connectivity index (χ0v) is 18.1. The van der Waals surface area contributed by atoms with Gasteiger partial charge in [0.2, 0.25) is 5.91 Å². The van der Waals surface area contributed by atoms with Gasteiger partial charge in [-0.3, -0.25) is 9.59 Å². The number of carbonyl (C=O) groups is 2. The molecule has 1 aliphatic heterocycles. The Morgan fingerprint density at radius 1 is 1.40 bits per heavy atom. The lowest BCUT2D eigenvalue weighted by atomic mass is 9.98. The van der Waals surface area contributed by atoms with E-state index in [1.54, 1.807) is 11.8 Å². The van der Waals surface area contributed by atoms with Crippen LogP contribution in [0.5, 0.6) is 0 Å². The maximum absolute atomic E-state index is 15.4. The van der Waals surface area contributed by atoms with Crippen LogP contribution in [0, 0.1) is 31.5 Å². The number of nitrogens with one attached hydrogen (secondary N) is 1. The average Bonchev–Trinajstić information content (AvgIpc) is 2.98. The highest BCUT2D eigenvalue weighted by Crippen LogP contribution is 2.38. The lowest BCUT2D eigenvalue weighted by Gasteiger charge is -2.40. The summed E-state index contributed by atoms with van der Waals surface area (Å²) in [5.41, 5.74) is 9.10. The van der Waals surface area contributed by atoms with Crippen molar-refractivity contribution in [3.63, 3.8) is 0 Å². The molecule has 0 spiro atoms. The van der Waals surface area contributed by atoms with Crippen molar-refractivity contribution in [1.29, 1.82) is 0 Å². The highest BCUT2D eigenvalue weighted by atomic mass is 19.1. The smallest absolute Gasteiger partial charge is 0.298 e. The van der Waals surface area contributed by atoms with E-state index in [0.29, 0.717) is 30.9 Å². The van der Waals surface area contributed by atoms with E-state index in [1.807, 2.05) is 25.7 Å². The molecule has 1 aromatic carbocycles. The number of aryl methyl sites for hydroxylation is 2. The van der Waals surface area contributed by atoms with Crippen molar-refractivity contribution in [3.8, 4) is 11.8 Å². The first kappa shape index (κ1) is 21.7. The summed E-state index contributed by atoms with van der Waals surface area (Å²) < 4.78 is 15.4. The number of nitrogens with zero attached hydrogens (tertiary/aromatic N) is 2. The number of carbonyl (C=O) groups excluding carboxylic acids is 2. The van der Waals surface area contributed by atoms with Crippen LogP contribution in [0.4, 0.5) is 10.1 Å². The Morgan fingerprint density at radius 2 is 2.13 bits per heavy atom. The van der Waals surface area contributed by atoms with Gasteiger partial charge < -0.3 is 20.5 Å². The van der Waals surface area contributed by atoms with E-state index in [1.165, 1.54) is 6.07 Å². The molecule has 0 radical (unpaired) electrons. The summed E-state index contributed by atoms with van der Waals surface area (Å²) in [7, 11) is 0. The van der Waals surface area contributed by atoms with Gasteiger partial charge in [0.25, 0.3) is 5.91 Å². The molecule has 2 amide bonds. The molecule has 7 heteroatoms. The van der Waals surface area contributed by atoms with Crippen LogP contribution in [-0.2, 0) is 16.0 Å². The number of hydrogen-bond donors (Lipinski definition) is 2. The molecule has 1 saturated heterocycles. The van der Waals surface area contributed by atoms with E-state index >= 15 is 4.39 Å². The van der Waals surface area contributed by atoms with Gasteiger partial charge in [0.15, 0.2) is 0 Å². The number of rotatable bonds is 5.